The fourth-order valence-corrected chi connectivity index (χ4v) is 4.98. The number of amides is 4. The summed E-state index contributed by atoms with van der Waals surface area (Å²) in [5.41, 5.74) is -0.0759. The molecule has 8 heteroatoms. The van der Waals surface area contributed by atoms with E-state index in [1.165, 1.54) is 4.90 Å². The third-order valence-corrected chi connectivity index (χ3v) is 7.25. The maximum absolute atomic E-state index is 13.6. The molecule has 186 valence electrons. The Kier molecular flexibility index (Phi) is 8.77. The second kappa shape index (κ2) is 11.4. The first-order chi connectivity index (χ1) is 16.1. The molecular weight excluding hydrogens is 452 g/mol. The largest absolute Gasteiger partial charge is 0.339 e. The monoisotopic (exact) mass is 488 g/mol. The lowest BCUT2D eigenvalue weighted by Gasteiger charge is -2.41. The van der Waals surface area contributed by atoms with Crippen LogP contribution in [0.3, 0.4) is 0 Å². The molecule has 0 unspecified atom stereocenters. The van der Waals surface area contributed by atoms with E-state index in [1.54, 1.807) is 18.2 Å². The molecule has 4 amide bonds. The maximum atomic E-state index is 13.6. The first-order valence-electron chi connectivity index (χ1n) is 12.1. The van der Waals surface area contributed by atoms with Crippen LogP contribution in [0.25, 0.3) is 6.08 Å². The van der Waals surface area contributed by atoms with Crippen molar-refractivity contribution in [3.63, 3.8) is 0 Å². The van der Waals surface area contributed by atoms with Gasteiger partial charge in [0, 0.05) is 37.3 Å². The number of likely N-dealkylation sites (N-methyl/N-ethyl adjacent to an activating group) is 1. The zero-order valence-electron chi connectivity index (χ0n) is 20.7. The molecule has 0 bridgehead atoms. The standard InChI is InChI=1S/C26H37ClN4O3/c1-19(2)11-14-26(24(33)31(25(34)28-26)18-17-29(3)4)21-12-15-30(16-13-21)23(32)10-9-20-7-5-6-8-22(20)27/h5-10,19,21H,11-18H2,1-4H3,(H,28,34)/b10-9+/t26-/m0/s1. The highest BCUT2D eigenvalue weighted by atomic mass is 35.5. The fraction of sp³-hybridized carbons (Fsp3) is 0.577. The summed E-state index contributed by atoms with van der Waals surface area (Å²) in [6.07, 6.45) is 6.13. The first-order valence-corrected chi connectivity index (χ1v) is 12.5. The average molecular weight is 489 g/mol. The minimum Gasteiger partial charge on any atom is -0.339 e. The summed E-state index contributed by atoms with van der Waals surface area (Å²) in [7, 11) is 3.86. The number of urea groups is 1. The number of carbonyl (C=O) groups is 3. The number of likely N-dealkylation sites (tertiary alicyclic amines) is 1. The molecule has 0 spiro atoms. The van der Waals surface area contributed by atoms with E-state index >= 15 is 0 Å². The normalized spacial score (nSPS) is 21.9. The summed E-state index contributed by atoms with van der Waals surface area (Å²) in [5, 5.41) is 3.70. The molecular formula is C26H37ClN4O3. The van der Waals surface area contributed by atoms with Crippen LogP contribution >= 0.6 is 11.6 Å². The van der Waals surface area contributed by atoms with E-state index < -0.39 is 5.54 Å². The zero-order valence-corrected chi connectivity index (χ0v) is 21.5. The van der Waals surface area contributed by atoms with Crippen LogP contribution in [0.15, 0.2) is 30.3 Å². The zero-order chi connectivity index (χ0) is 24.9. The molecule has 2 saturated heterocycles. The Balaban J connectivity index is 1.69. The summed E-state index contributed by atoms with van der Waals surface area (Å²) in [6.45, 7) is 6.38. The molecule has 2 fully saturated rings. The van der Waals surface area contributed by atoms with Crippen molar-refractivity contribution < 1.29 is 14.4 Å². The van der Waals surface area contributed by atoms with Crippen LogP contribution in [0.5, 0.6) is 0 Å². The molecule has 1 aromatic rings. The van der Waals surface area contributed by atoms with E-state index in [-0.39, 0.29) is 23.8 Å². The number of piperidine rings is 1. The van der Waals surface area contributed by atoms with E-state index in [0.717, 1.165) is 12.0 Å². The third kappa shape index (κ3) is 5.99. The Hall–Kier alpha value is -2.38. The van der Waals surface area contributed by atoms with Crippen LogP contribution in [-0.2, 0) is 9.59 Å². The molecule has 3 rings (SSSR count). The highest BCUT2D eigenvalue weighted by Crippen LogP contribution is 2.38. The minimum absolute atomic E-state index is 0.00338. The predicted octanol–water partition coefficient (Wildman–Crippen LogP) is 3.88. The van der Waals surface area contributed by atoms with Crippen molar-refractivity contribution in [2.45, 2.75) is 45.1 Å². The summed E-state index contributed by atoms with van der Waals surface area (Å²) < 4.78 is 0. The van der Waals surface area contributed by atoms with Crippen LogP contribution < -0.4 is 5.32 Å². The molecule has 0 aliphatic carbocycles. The minimum atomic E-state index is -0.879. The lowest BCUT2D eigenvalue weighted by molar-refractivity contribution is -0.135. The summed E-state index contributed by atoms with van der Waals surface area (Å²) in [5.74, 6) is 0.255. The molecule has 7 nitrogen and oxygen atoms in total. The van der Waals surface area contributed by atoms with Crippen LogP contribution in [0, 0.1) is 11.8 Å². The highest BCUT2D eigenvalue weighted by Gasteiger charge is 2.55. The van der Waals surface area contributed by atoms with Gasteiger partial charge in [-0.3, -0.25) is 14.5 Å². The van der Waals surface area contributed by atoms with Crippen molar-refractivity contribution in [3.8, 4) is 0 Å². The number of benzene rings is 1. The van der Waals surface area contributed by atoms with E-state index in [9.17, 15) is 14.4 Å². The Morgan fingerprint density at radius 1 is 1.24 bits per heavy atom. The van der Waals surface area contributed by atoms with E-state index in [2.05, 4.69) is 19.2 Å². The van der Waals surface area contributed by atoms with Gasteiger partial charge in [-0.15, -0.1) is 0 Å². The molecule has 2 aliphatic rings. The number of halogens is 1. The smallest absolute Gasteiger partial charge is 0.325 e. The topological polar surface area (TPSA) is 73.0 Å². The Morgan fingerprint density at radius 2 is 1.91 bits per heavy atom. The van der Waals surface area contributed by atoms with Crippen molar-refractivity contribution in [2.75, 3.05) is 40.3 Å². The van der Waals surface area contributed by atoms with Gasteiger partial charge in [-0.25, -0.2) is 4.79 Å². The summed E-state index contributed by atoms with van der Waals surface area (Å²) in [4.78, 5) is 44.3. The summed E-state index contributed by atoms with van der Waals surface area (Å²) >= 11 is 6.18. The molecule has 2 aliphatic heterocycles. The van der Waals surface area contributed by atoms with E-state index in [1.807, 2.05) is 42.1 Å². The SMILES string of the molecule is CC(C)CC[C@@]1(C2CCN(C(=O)/C=C/c3ccccc3Cl)CC2)NC(=O)N(CCN(C)C)C1=O. The molecule has 0 saturated carbocycles. The molecule has 1 atom stereocenters. The van der Waals surface area contributed by atoms with Gasteiger partial charge in [0.25, 0.3) is 5.91 Å². The van der Waals surface area contributed by atoms with Gasteiger partial charge in [0.1, 0.15) is 5.54 Å². The van der Waals surface area contributed by atoms with Gasteiger partial charge in [0.05, 0.1) is 0 Å². The van der Waals surface area contributed by atoms with Crippen LogP contribution in [0.1, 0.15) is 45.1 Å². The Bertz CT molecular complexity index is 924. The van der Waals surface area contributed by atoms with E-state index in [0.29, 0.717) is 56.4 Å². The van der Waals surface area contributed by atoms with Gasteiger partial charge in [0.15, 0.2) is 0 Å². The maximum Gasteiger partial charge on any atom is 0.325 e. The van der Waals surface area contributed by atoms with Crippen molar-refractivity contribution >= 4 is 35.5 Å². The first kappa shape index (κ1) is 26.2. The molecule has 0 aromatic heterocycles. The van der Waals surface area contributed by atoms with Gasteiger partial charge in [-0.05, 0) is 69.3 Å². The lowest BCUT2D eigenvalue weighted by atomic mass is 9.74. The van der Waals surface area contributed by atoms with Gasteiger partial charge >= 0.3 is 6.03 Å². The lowest BCUT2D eigenvalue weighted by Crippen LogP contribution is -2.56. The fourth-order valence-electron chi connectivity index (χ4n) is 4.78. The second-order valence-corrected chi connectivity index (χ2v) is 10.5. The number of hydrogen-bond donors (Lipinski definition) is 1. The average Bonchev–Trinajstić information content (AvgIpc) is 3.05. The van der Waals surface area contributed by atoms with Gasteiger partial charge < -0.3 is 15.1 Å². The quantitative estimate of drug-likeness (QED) is 0.423. The second-order valence-electron chi connectivity index (χ2n) is 10.0. The van der Waals surface area contributed by atoms with Crippen LogP contribution in [0.4, 0.5) is 4.79 Å². The Morgan fingerprint density at radius 3 is 2.53 bits per heavy atom. The number of nitrogens with zero attached hydrogens (tertiary/aromatic N) is 3. The van der Waals surface area contributed by atoms with Crippen molar-refractivity contribution in [1.29, 1.82) is 0 Å². The van der Waals surface area contributed by atoms with Crippen LogP contribution in [0.2, 0.25) is 5.02 Å². The molecule has 1 aromatic carbocycles. The number of rotatable bonds is 9. The number of nitrogens with one attached hydrogen (secondary N) is 1. The van der Waals surface area contributed by atoms with Crippen molar-refractivity contribution in [3.05, 3.63) is 40.9 Å². The van der Waals surface area contributed by atoms with Gasteiger partial charge in [-0.2, -0.15) is 0 Å². The highest BCUT2D eigenvalue weighted by molar-refractivity contribution is 6.32. The van der Waals surface area contributed by atoms with Crippen LogP contribution in [-0.4, -0.2) is 78.4 Å². The number of carbonyl (C=O) groups excluding carboxylic acids is 3. The number of imide groups is 1. The van der Waals surface area contributed by atoms with Gasteiger partial charge in [0.2, 0.25) is 5.91 Å². The molecule has 2 heterocycles. The molecule has 0 radical (unpaired) electrons. The number of hydrogen-bond acceptors (Lipinski definition) is 4. The Labute approximate surface area is 208 Å². The van der Waals surface area contributed by atoms with Crippen molar-refractivity contribution in [1.82, 2.24) is 20.0 Å². The molecule has 1 N–H and O–H groups in total. The molecule has 34 heavy (non-hydrogen) atoms. The van der Waals surface area contributed by atoms with Gasteiger partial charge in [-0.1, -0.05) is 43.6 Å². The third-order valence-electron chi connectivity index (χ3n) is 6.90. The van der Waals surface area contributed by atoms with E-state index in [4.69, 9.17) is 11.6 Å². The predicted molar refractivity (Wildman–Crippen MR) is 135 cm³/mol. The van der Waals surface area contributed by atoms with Crippen molar-refractivity contribution in [2.24, 2.45) is 11.8 Å². The summed E-state index contributed by atoms with van der Waals surface area (Å²) in [6, 6.07) is 7.10.